The van der Waals surface area contributed by atoms with Gasteiger partial charge in [-0.2, -0.15) is 0 Å². The van der Waals surface area contributed by atoms with Gasteiger partial charge in [0.05, 0.1) is 32.9 Å². The first-order valence-corrected chi connectivity index (χ1v) is 9.42. The first kappa shape index (κ1) is 17.5. The van der Waals surface area contributed by atoms with E-state index in [4.69, 9.17) is 23.2 Å². The van der Waals surface area contributed by atoms with E-state index in [0.29, 0.717) is 29.6 Å². The molecule has 0 aliphatic carbocycles. The molecule has 1 aromatic heterocycles. The second-order valence-corrected chi connectivity index (χ2v) is 7.93. The van der Waals surface area contributed by atoms with Crippen LogP contribution in [0.15, 0.2) is 18.2 Å². The SMILES string of the molecule is Cc1nc(C)c(CC(=O)N2CCN(c3cccc(Cl)c3Cl)CC2)s1. The zero-order valence-corrected chi connectivity index (χ0v) is 16.0. The number of rotatable bonds is 3. The van der Waals surface area contributed by atoms with Crippen LogP contribution in [-0.2, 0) is 11.2 Å². The summed E-state index contributed by atoms with van der Waals surface area (Å²) >= 11 is 14.0. The Labute approximate surface area is 156 Å². The second kappa shape index (κ2) is 7.30. The molecule has 0 bridgehead atoms. The van der Waals surface area contributed by atoms with Crippen molar-refractivity contribution in [1.29, 1.82) is 0 Å². The molecule has 2 heterocycles. The van der Waals surface area contributed by atoms with E-state index in [2.05, 4.69) is 9.88 Å². The van der Waals surface area contributed by atoms with Crippen LogP contribution in [0.2, 0.25) is 10.0 Å². The predicted molar refractivity (Wildman–Crippen MR) is 101 cm³/mol. The third-order valence-corrected chi connectivity index (χ3v) is 6.10. The maximum atomic E-state index is 12.5. The fourth-order valence-corrected chi connectivity index (χ4v) is 4.26. The monoisotopic (exact) mass is 383 g/mol. The van der Waals surface area contributed by atoms with E-state index in [-0.39, 0.29) is 5.91 Å². The number of amides is 1. The fraction of sp³-hybridized carbons (Fsp3) is 0.412. The summed E-state index contributed by atoms with van der Waals surface area (Å²) in [6.45, 7) is 6.83. The third-order valence-electron chi connectivity index (χ3n) is 4.22. The smallest absolute Gasteiger partial charge is 0.228 e. The number of halogens is 2. The maximum absolute atomic E-state index is 12.5. The van der Waals surface area contributed by atoms with Crippen LogP contribution in [0.3, 0.4) is 0 Å². The van der Waals surface area contributed by atoms with Crippen molar-refractivity contribution in [2.24, 2.45) is 0 Å². The number of benzene rings is 1. The van der Waals surface area contributed by atoms with Crippen molar-refractivity contribution in [2.75, 3.05) is 31.1 Å². The molecule has 1 aromatic carbocycles. The van der Waals surface area contributed by atoms with Crippen LogP contribution in [0.5, 0.6) is 0 Å². The minimum Gasteiger partial charge on any atom is -0.367 e. The van der Waals surface area contributed by atoms with Crippen LogP contribution >= 0.6 is 34.5 Å². The molecular weight excluding hydrogens is 365 g/mol. The zero-order valence-electron chi connectivity index (χ0n) is 13.7. The number of nitrogens with zero attached hydrogens (tertiary/aromatic N) is 3. The number of piperazine rings is 1. The van der Waals surface area contributed by atoms with Crippen LogP contribution < -0.4 is 4.90 Å². The highest BCUT2D eigenvalue weighted by Crippen LogP contribution is 2.33. The van der Waals surface area contributed by atoms with Gasteiger partial charge in [-0.3, -0.25) is 4.79 Å². The number of carbonyl (C=O) groups excluding carboxylic acids is 1. The van der Waals surface area contributed by atoms with Crippen LogP contribution in [0, 0.1) is 13.8 Å². The van der Waals surface area contributed by atoms with Crippen molar-refractivity contribution in [3.63, 3.8) is 0 Å². The average Bonchev–Trinajstić information content (AvgIpc) is 2.87. The quantitative estimate of drug-likeness (QED) is 0.804. The molecule has 0 unspecified atom stereocenters. The standard InChI is InChI=1S/C17H19Cl2N3OS/c1-11-15(24-12(2)20-11)10-16(23)22-8-6-21(7-9-22)14-5-3-4-13(18)17(14)19/h3-5H,6-10H2,1-2H3. The molecule has 24 heavy (non-hydrogen) atoms. The Kier molecular flexibility index (Phi) is 5.33. The average molecular weight is 384 g/mol. The molecule has 1 aliphatic rings. The van der Waals surface area contributed by atoms with Crippen molar-refractivity contribution >= 4 is 46.1 Å². The van der Waals surface area contributed by atoms with Gasteiger partial charge >= 0.3 is 0 Å². The molecule has 7 heteroatoms. The molecule has 0 radical (unpaired) electrons. The van der Waals surface area contributed by atoms with Crippen LogP contribution in [0.25, 0.3) is 0 Å². The van der Waals surface area contributed by atoms with Crippen LogP contribution in [0.1, 0.15) is 15.6 Å². The molecule has 2 aromatic rings. The van der Waals surface area contributed by atoms with E-state index in [1.54, 1.807) is 17.4 Å². The van der Waals surface area contributed by atoms with E-state index in [0.717, 1.165) is 34.4 Å². The van der Waals surface area contributed by atoms with Crippen LogP contribution in [0.4, 0.5) is 5.69 Å². The summed E-state index contributed by atoms with van der Waals surface area (Å²) in [6, 6.07) is 5.65. The van der Waals surface area contributed by atoms with Gasteiger partial charge in [0.25, 0.3) is 0 Å². The summed E-state index contributed by atoms with van der Waals surface area (Å²) in [5, 5.41) is 2.15. The molecule has 3 rings (SSSR count). The minimum atomic E-state index is 0.165. The molecule has 0 saturated carbocycles. The van der Waals surface area contributed by atoms with Gasteiger partial charge in [0, 0.05) is 31.1 Å². The summed E-state index contributed by atoms with van der Waals surface area (Å²) in [6.07, 6.45) is 0.440. The fourth-order valence-electron chi connectivity index (χ4n) is 2.92. The predicted octanol–water partition coefficient (Wildman–Crippen LogP) is 3.96. The molecule has 4 nitrogen and oxygen atoms in total. The Bertz CT molecular complexity index is 754. The highest BCUT2D eigenvalue weighted by molar-refractivity contribution is 7.11. The molecule has 128 valence electrons. The Morgan fingerprint density at radius 1 is 1.21 bits per heavy atom. The van der Waals surface area contributed by atoms with Gasteiger partial charge in [-0.25, -0.2) is 4.98 Å². The molecule has 1 aliphatic heterocycles. The lowest BCUT2D eigenvalue weighted by molar-refractivity contribution is -0.130. The van der Waals surface area contributed by atoms with Gasteiger partial charge in [0.2, 0.25) is 5.91 Å². The van der Waals surface area contributed by atoms with Gasteiger partial charge in [-0.05, 0) is 26.0 Å². The number of thiazole rings is 1. The Balaban J connectivity index is 1.61. The number of aryl methyl sites for hydroxylation is 2. The number of carbonyl (C=O) groups is 1. The molecular formula is C17H19Cl2N3OS. The summed E-state index contributed by atoms with van der Waals surface area (Å²) in [5.41, 5.74) is 1.90. The van der Waals surface area contributed by atoms with E-state index in [9.17, 15) is 4.79 Å². The van der Waals surface area contributed by atoms with Gasteiger partial charge in [0.15, 0.2) is 0 Å². The first-order valence-electron chi connectivity index (χ1n) is 7.85. The summed E-state index contributed by atoms with van der Waals surface area (Å²) in [5.74, 6) is 0.165. The van der Waals surface area contributed by atoms with Gasteiger partial charge in [-0.1, -0.05) is 29.3 Å². The van der Waals surface area contributed by atoms with Gasteiger partial charge in [0.1, 0.15) is 0 Å². The molecule has 0 N–H and O–H groups in total. The van der Waals surface area contributed by atoms with Crippen molar-refractivity contribution in [3.8, 4) is 0 Å². The van der Waals surface area contributed by atoms with Crippen molar-refractivity contribution in [2.45, 2.75) is 20.3 Å². The van der Waals surface area contributed by atoms with E-state index in [1.807, 2.05) is 30.9 Å². The van der Waals surface area contributed by atoms with E-state index < -0.39 is 0 Å². The summed E-state index contributed by atoms with van der Waals surface area (Å²) < 4.78 is 0. The number of aromatic nitrogens is 1. The molecule has 1 saturated heterocycles. The Hall–Kier alpha value is -1.30. The molecule has 1 amide bonds. The number of anilines is 1. The molecule has 1 fully saturated rings. The normalized spacial score (nSPS) is 15.0. The first-order chi connectivity index (χ1) is 11.5. The maximum Gasteiger partial charge on any atom is 0.228 e. The number of hydrogen-bond donors (Lipinski definition) is 0. The van der Waals surface area contributed by atoms with Crippen molar-refractivity contribution in [3.05, 3.63) is 43.8 Å². The van der Waals surface area contributed by atoms with E-state index >= 15 is 0 Å². The molecule has 0 atom stereocenters. The van der Waals surface area contributed by atoms with Crippen molar-refractivity contribution < 1.29 is 4.79 Å². The third kappa shape index (κ3) is 3.68. The second-order valence-electron chi connectivity index (χ2n) is 5.86. The topological polar surface area (TPSA) is 36.4 Å². The summed E-state index contributed by atoms with van der Waals surface area (Å²) in [7, 11) is 0. The zero-order chi connectivity index (χ0) is 17.3. The Morgan fingerprint density at radius 2 is 1.92 bits per heavy atom. The van der Waals surface area contributed by atoms with Gasteiger partial charge < -0.3 is 9.80 Å². The number of hydrogen-bond acceptors (Lipinski definition) is 4. The van der Waals surface area contributed by atoms with Crippen LogP contribution in [-0.4, -0.2) is 42.0 Å². The van der Waals surface area contributed by atoms with Gasteiger partial charge in [-0.15, -0.1) is 11.3 Å². The largest absolute Gasteiger partial charge is 0.367 e. The van der Waals surface area contributed by atoms with E-state index in [1.165, 1.54) is 0 Å². The van der Waals surface area contributed by atoms with Crippen molar-refractivity contribution in [1.82, 2.24) is 9.88 Å². The lowest BCUT2D eigenvalue weighted by Gasteiger charge is -2.36. The summed E-state index contributed by atoms with van der Waals surface area (Å²) in [4.78, 5) is 22.1. The lowest BCUT2D eigenvalue weighted by atomic mass is 10.2. The highest BCUT2D eigenvalue weighted by atomic mass is 35.5. The lowest BCUT2D eigenvalue weighted by Crippen LogP contribution is -2.49. The highest BCUT2D eigenvalue weighted by Gasteiger charge is 2.24. The minimum absolute atomic E-state index is 0.165. The molecule has 0 spiro atoms. The Morgan fingerprint density at radius 3 is 2.54 bits per heavy atom.